The Balaban J connectivity index is 1.44. The van der Waals surface area contributed by atoms with E-state index in [9.17, 15) is 9.59 Å². The standard InChI is InChI=1S/C23H34N2O2/c1-18(2)20-9-11-21(12-10-20)23(27)25-16-14-24(15-17-25)22(26)13-8-19-6-4-3-5-7-19/h9-12,18-19H,3-8,13-17H2,1-2H3. The van der Waals surface area contributed by atoms with Crippen molar-refractivity contribution >= 4 is 11.8 Å². The van der Waals surface area contributed by atoms with Crippen molar-refractivity contribution in [3.05, 3.63) is 35.4 Å². The summed E-state index contributed by atoms with van der Waals surface area (Å²) in [4.78, 5) is 29.1. The Bertz CT molecular complexity index is 624. The molecule has 0 aromatic heterocycles. The molecule has 3 rings (SSSR count). The quantitative estimate of drug-likeness (QED) is 0.768. The van der Waals surface area contributed by atoms with Gasteiger partial charge in [0.1, 0.15) is 0 Å². The average molecular weight is 371 g/mol. The minimum atomic E-state index is 0.0830. The predicted molar refractivity (Wildman–Crippen MR) is 109 cm³/mol. The molecule has 0 radical (unpaired) electrons. The van der Waals surface area contributed by atoms with Gasteiger partial charge < -0.3 is 9.80 Å². The maximum Gasteiger partial charge on any atom is 0.253 e. The third-order valence-corrected chi connectivity index (χ3v) is 6.24. The van der Waals surface area contributed by atoms with Crippen molar-refractivity contribution in [2.45, 2.75) is 64.7 Å². The Morgan fingerprint density at radius 1 is 0.926 bits per heavy atom. The normalized spacial score (nSPS) is 18.8. The third-order valence-electron chi connectivity index (χ3n) is 6.24. The van der Waals surface area contributed by atoms with E-state index < -0.39 is 0 Å². The van der Waals surface area contributed by atoms with Gasteiger partial charge in [-0.15, -0.1) is 0 Å². The van der Waals surface area contributed by atoms with Gasteiger partial charge in [0.05, 0.1) is 0 Å². The Morgan fingerprint density at radius 3 is 2.11 bits per heavy atom. The Morgan fingerprint density at radius 2 is 1.52 bits per heavy atom. The summed E-state index contributed by atoms with van der Waals surface area (Å²) in [7, 11) is 0. The number of nitrogens with zero attached hydrogens (tertiary/aromatic N) is 2. The molecule has 0 spiro atoms. The van der Waals surface area contributed by atoms with Gasteiger partial charge >= 0.3 is 0 Å². The van der Waals surface area contributed by atoms with Gasteiger partial charge in [-0.2, -0.15) is 0 Å². The molecule has 1 heterocycles. The molecule has 1 saturated carbocycles. The van der Waals surface area contributed by atoms with Gasteiger partial charge in [-0.3, -0.25) is 9.59 Å². The molecule has 0 N–H and O–H groups in total. The highest BCUT2D eigenvalue weighted by atomic mass is 16.2. The van der Waals surface area contributed by atoms with Crippen LogP contribution in [-0.2, 0) is 4.79 Å². The first-order valence-corrected chi connectivity index (χ1v) is 10.7. The van der Waals surface area contributed by atoms with Gasteiger partial charge in [0.2, 0.25) is 5.91 Å². The largest absolute Gasteiger partial charge is 0.339 e. The van der Waals surface area contributed by atoms with Crippen molar-refractivity contribution in [2.24, 2.45) is 5.92 Å². The highest BCUT2D eigenvalue weighted by molar-refractivity contribution is 5.94. The summed E-state index contributed by atoms with van der Waals surface area (Å²) in [6, 6.07) is 7.95. The Hall–Kier alpha value is -1.84. The molecule has 4 heteroatoms. The lowest BCUT2D eigenvalue weighted by Crippen LogP contribution is -2.50. The van der Waals surface area contributed by atoms with Crippen LogP contribution < -0.4 is 0 Å². The molecular weight excluding hydrogens is 336 g/mol. The van der Waals surface area contributed by atoms with Crippen molar-refractivity contribution in [3.63, 3.8) is 0 Å². The van der Waals surface area contributed by atoms with Gasteiger partial charge in [0.25, 0.3) is 5.91 Å². The first-order valence-electron chi connectivity index (χ1n) is 10.7. The SMILES string of the molecule is CC(C)c1ccc(C(=O)N2CCN(C(=O)CCC3CCCCC3)CC2)cc1. The number of rotatable bonds is 5. The molecule has 1 aliphatic heterocycles. The van der Waals surface area contributed by atoms with Crippen molar-refractivity contribution in [2.75, 3.05) is 26.2 Å². The Labute approximate surface area is 163 Å². The third kappa shape index (κ3) is 5.33. The molecule has 1 aromatic rings. The van der Waals surface area contributed by atoms with E-state index in [2.05, 4.69) is 13.8 Å². The lowest BCUT2D eigenvalue weighted by molar-refractivity contribution is -0.133. The second-order valence-corrected chi connectivity index (χ2v) is 8.49. The topological polar surface area (TPSA) is 40.6 Å². The molecule has 2 fully saturated rings. The summed E-state index contributed by atoms with van der Waals surface area (Å²) in [5.74, 6) is 1.57. The lowest BCUT2D eigenvalue weighted by atomic mass is 9.86. The van der Waals surface area contributed by atoms with Crippen LogP contribution in [0.1, 0.15) is 80.6 Å². The van der Waals surface area contributed by atoms with Gasteiger partial charge in [0.15, 0.2) is 0 Å². The van der Waals surface area contributed by atoms with Crippen LogP contribution in [0.25, 0.3) is 0 Å². The van der Waals surface area contributed by atoms with E-state index in [-0.39, 0.29) is 11.8 Å². The Kier molecular flexibility index (Phi) is 6.92. The zero-order valence-corrected chi connectivity index (χ0v) is 17.0. The number of piperazine rings is 1. The summed E-state index contributed by atoms with van der Waals surface area (Å²) in [6.07, 6.45) is 8.34. The summed E-state index contributed by atoms with van der Waals surface area (Å²) >= 11 is 0. The van der Waals surface area contributed by atoms with Crippen LogP contribution in [0, 0.1) is 5.92 Å². The predicted octanol–water partition coefficient (Wildman–Crippen LogP) is 4.45. The van der Waals surface area contributed by atoms with Crippen molar-refractivity contribution in [3.8, 4) is 0 Å². The number of hydrogen-bond donors (Lipinski definition) is 0. The van der Waals surface area contributed by atoms with Gasteiger partial charge in [-0.05, 0) is 36.0 Å². The zero-order valence-electron chi connectivity index (χ0n) is 17.0. The molecule has 27 heavy (non-hydrogen) atoms. The van der Waals surface area contributed by atoms with E-state index >= 15 is 0 Å². The van der Waals surface area contributed by atoms with Gasteiger partial charge in [0, 0.05) is 38.2 Å². The molecule has 1 saturated heterocycles. The minimum absolute atomic E-state index is 0.0830. The fraction of sp³-hybridized carbons (Fsp3) is 0.652. The first-order chi connectivity index (χ1) is 13.0. The monoisotopic (exact) mass is 370 g/mol. The maximum atomic E-state index is 12.7. The first kappa shape index (κ1) is 19.9. The smallest absolute Gasteiger partial charge is 0.253 e. The molecule has 0 unspecified atom stereocenters. The number of amides is 2. The molecule has 1 aromatic carbocycles. The van der Waals surface area contributed by atoms with E-state index in [0.717, 1.165) is 17.9 Å². The molecule has 148 valence electrons. The summed E-state index contributed by atoms with van der Waals surface area (Å²) < 4.78 is 0. The summed E-state index contributed by atoms with van der Waals surface area (Å²) in [5.41, 5.74) is 2.00. The van der Waals surface area contributed by atoms with Crippen LogP contribution in [0.3, 0.4) is 0 Å². The molecule has 2 amide bonds. The molecule has 4 nitrogen and oxygen atoms in total. The number of carbonyl (C=O) groups excluding carboxylic acids is 2. The van der Waals surface area contributed by atoms with E-state index in [4.69, 9.17) is 0 Å². The van der Waals surface area contributed by atoms with Crippen molar-refractivity contribution < 1.29 is 9.59 Å². The highest BCUT2D eigenvalue weighted by Crippen LogP contribution is 2.27. The molecule has 0 atom stereocenters. The average Bonchev–Trinajstić information content (AvgIpc) is 2.72. The summed E-state index contributed by atoms with van der Waals surface area (Å²) in [5, 5.41) is 0. The van der Waals surface area contributed by atoms with E-state index in [0.29, 0.717) is 38.5 Å². The van der Waals surface area contributed by atoms with Crippen LogP contribution in [0.5, 0.6) is 0 Å². The number of hydrogen-bond acceptors (Lipinski definition) is 2. The van der Waals surface area contributed by atoms with Crippen LogP contribution in [0.15, 0.2) is 24.3 Å². The molecule has 0 bridgehead atoms. The zero-order chi connectivity index (χ0) is 19.2. The number of carbonyl (C=O) groups is 2. The van der Waals surface area contributed by atoms with E-state index in [1.807, 2.05) is 34.1 Å². The number of benzene rings is 1. The van der Waals surface area contributed by atoms with Crippen LogP contribution in [0.4, 0.5) is 0 Å². The molecule has 2 aliphatic rings. The lowest BCUT2D eigenvalue weighted by Gasteiger charge is -2.35. The maximum absolute atomic E-state index is 12.7. The molecule has 1 aliphatic carbocycles. The van der Waals surface area contributed by atoms with Crippen molar-refractivity contribution in [1.29, 1.82) is 0 Å². The highest BCUT2D eigenvalue weighted by Gasteiger charge is 2.25. The van der Waals surface area contributed by atoms with Crippen molar-refractivity contribution in [1.82, 2.24) is 9.80 Å². The van der Waals surface area contributed by atoms with Gasteiger partial charge in [-0.1, -0.05) is 58.1 Å². The van der Waals surface area contributed by atoms with Crippen LogP contribution >= 0.6 is 0 Å². The summed E-state index contributed by atoms with van der Waals surface area (Å²) in [6.45, 7) is 6.92. The second kappa shape index (κ2) is 9.38. The van der Waals surface area contributed by atoms with Crippen LogP contribution in [-0.4, -0.2) is 47.8 Å². The fourth-order valence-electron chi connectivity index (χ4n) is 4.31. The van der Waals surface area contributed by atoms with E-state index in [1.165, 1.54) is 37.7 Å². The molecular formula is C23H34N2O2. The fourth-order valence-corrected chi connectivity index (χ4v) is 4.31. The van der Waals surface area contributed by atoms with E-state index in [1.54, 1.807) is 0 Å². The second-order valence-electron chi connectivity index (χ2n) is 8.49. The minimum Gasteiger partial charge on any atom is -0.339 e. The van der Waals surface area contributed by atoms with Gasteiger partial charge in [-0.25, -0.2) is 0 Å². The van der Waals surface area contributed by atoms with Crippen LogP contribution in [0.2, 0.25) is 0 Å².